The fraction of sp³-hybridized carbons (Fsp3) is 0.120. The molecule has 0 radical (unpaired) electrons. The van der Waals surface area contributed by atoms with Gasteiger partial charge >= 0.3 is 5.97 Å². The van der Waals surface area contributed by atoms with Crippen LogP contribution in [0.25, 0.3) is 0 Å². The Morgan fingerprint density at radius 2 is 1.67 bits per heavy atom. The molecule has 0 bridgehead atoms. The third kappa shape index (κ3) is 5.48. The highest BCUT2D eigenvalue weighted by molar-refractivity contribution is 8.00. The van der Waals surface area contributed by atoms with Crippen LogP contribution in [0.5, 0.6) is 0 Å². The van der Waals surface area contributed by atoms with E-state index < -0.39 is 5.97 Å². The lowest BCUT2D eigenvalue weighted by Gasteiger charge is -2.24. The van der Waals surface area contributed by atoms with Crippen molar-refractivity contribution in [1.82, 2.24) is 10.3 Å². The number of carbonyl (C=O) groups excluding carboxylic acids is 2. The van der Waals surface area contributed by atoms with E-state index in [1.54, 1.807) is 36.0 Å². The van der Waals surface area contributed by atoms with Crippen LogP contribution in [-0.2, 0) is 11.3 Å². The summed E-state index contributed by atoms with van der Waals surface area (Å²) in [5, 5.41) is 12.8. The van der Waals surface area contributed by atoms with Crippen molar-refractivity contribution in [3.8, 4) is 0 Å². The van der Waals surface area contributed by atoms with Crippen molar-refractivity contribution >= 4 is 35.8 Å². The highest BCUT2D eigenvalue weighted by Crippen LogP contribution is 2.39. The van der Waals surface area contributed by atoms with Gasteiger partial charge in [0, 0.05) is 12.1 Å². The number of rotatable bonds is 7. The Kier molecular flexibility index (Phi) is 6.85. The Hall–Kier alpha value is -3.91. The van der Waals surface area contributed by atoms with Gasteiger partial charge in [0.15, 0.2) is 0 Å². The second-order valence-corrected chi connectivity index (χ2v) is 8.49. The van der Waals surface area contributed by atoms with Crippen molar-refractivity contribution in [3.05, 3.63) is 107 Å². The minimum atomic E-state index is -1.00. The summed E-state index contributed by atoms with van der Waals surface area (Å²) in [6.07, 6.45) is 1.44. The van der Waals surface area contributed by atoms with Gasteiger partial charge in [-0.05, 0) is 41.0 Å². The Bertz CT molecular complexity index is 1180. The smallest absolute Gasteiger partial charge is 0.335 e. The molecule has 7 nitrogen and oxygen atoms in total. The minimum Gasteiger partial charge on any atom is -0.478 e. The van der Waals surface area contributed by atoms with Crippen molar-refractivity contribution < 1.29 is 19.5 Å². The zero-order valence-electron chi connectivity index (χ0n) is 17.5. The molecule has 4 rings (SSSR count). The summed E-state index contributed by atoms with van der Waals surface area (Å²) in [7, 11) is 0. The van der Waals surface area contributed by atoms with Crippen molar-refractivity contribution in [2.24, 2.45) is 5.10 Å². The Morgan fingerprint density at radius 1 is 1.00 bits per heavy atom. The van der Waals surface area contributed by atoms with Crippen LogP contribution in [-0.4, -0.2) is 39.8 Å². The first-order chi connectivity index (χ1) is 16.0. The highest BCUT2D eigenvalue weighted by atomic mass is 32.2. The van der Waals surface area contributed by atoms with Gasteiger partial charge in [-0.25, -0.2) is 10.2 Å². The lowest BCUT2D eigenvalue weighted by Crippen LogP contribution is -2.27. The summed E-state index contributed by atoms with van der Waals surface area (Å²) in [6, 6.07) is 23.2. The van der Waals surface area contributed by atoms with Gasteiger partial charge in [0.1, 0.15) is 5.37 Å². The third-order valence-corrected chi connectivity index (χ3v) is 6.42. The van der Waals surface area contributed by atoms with E-state index in [-0.39, 0.29) is 22.8 Å². The first-order valence-corrected chi connectivity index (χ1v) is 11.3. The molecule has 2 N–H and O–H groups in total. The highest BCUT2D eigenvalue weighted by Gasteiger charge is 2.32. The SMILES string of the molecule is O=C(O)c1ccc(/C=N\NC(=O)c2ccc([C@@H]3SCC(=O)N3Cc3ccccc3)cc2)cc1. The molecule has 1 aliphatic rings. The molecule has 0 unspecified atom stereocenters. The number of hydrazone groups is 1. The molecule has 0 aromatic heterocycles. The van der Waals surface area contributed by atoms with E-state index in [9.17, 15) is 14.4 Å². The maximum Gasteiger partial charge on any atom is 0.335 e. The van der Waals surface area contributed by atoms with E-state index in [2.05, 4.69) is 10.5 Å². The van der Waals surface area contributed by atoms with Gasteiger partial charge in [-0.3, -0.25) is 9.59 Å². The number of thioether (sulfide) groups is 1. The summed E-state index contributed by atoms with van der Waals surface area (Å²) in [5.74, 6) is -0.835. The molecular weight excluding hydrogens is 438 g/mol. The van der Waals surface area contributed by atoms with Gasteiger partial charge in [-0.1, -0.05) is 54.6 Å². The molecule has 1 atom stereocenters. The molecule has 8 heteroatoms. The van der Waals surface area contributed by atoms with Gasteiger partial charge in [0.05, 0.1) is 17.5 Å². The fourth-order valence-electron chi connectivity index (χ4n) is 3.42. The van der Waals surface area contributed by atoms with Crippen LogP contribution in [0.4, 0.5) is 0 Å². The molecule has 3 aromatic carbocycles. The number of carboxylic acid groups (broad SMARTS) is 1. The standard InChI is InChI=1S/C25H21N3O4S/c29-22-16-33-24(28(22)15-18-4-2-1-3-5-18)20-12-10-19(11-13-20)23(30)27-26-14-17-6-8-21(9-7-17)25(31)32/h1-14,24H,15-16H2,(H,27,30)(H,31,32)/b26-14-/t24-/m0/s1. The van der Waals surface area contributed by atoms with E-state index in [1.807, 2.05) is 47.4 Å². The van der Waals surface area contributed by atoms with Gasteiger partial charge in [-0.15, -0.1) is 11.8 Å². The molecule has 0 aliphatic carbocycles. The number of carbonyl (C=O) groups is 3. The second-order valence-electron chi connectivity index (χ2n) is 7.42. The number of nitrogens with zero attached hydrogens (tertiary/aromatic N) is 2. The molecule has 1 aliphatic heterocycles. The molecule has 33 heavy (non-hydrogen) atoms. The maximum absolute atomic E-state index is 12.4. The van der Waals surface area contributed by atoms with Crippen LogP contribution in [0.2, 0.25) is 0 Å². The summed E-state index contributed by atoms with van der Waals surface area (Å²) >= 11 is 1.57. The number of benzene rings is 3. The largest absolute Gasteiger partial charge is 0.478 e. The Balaban J connectivity index is 1.38. The number of hydrogen-bond acceptors (Lipinski definition) is 5. The first kappa shape index (κ1) is 22.3. The molecule has 0 spiro atoms. The average Bonchev–Trinajstić information content (AvgIpc) is 3.20. The number of amides is 2. The summed E-state index contributed by atoms with van der Waals surface area (Å²) in [4.78, 5) is 37.6. The maximum atomic E-state index is 12.4. The molecule has 1 heterocycles. The molecule has 1 fully saturated rings. The van der Waals surface area contributed by atoms with E-state index in [0.29, 0.717) is 23.4 Å². The average molecular weight is 460 g/mol. The Morgan fingerprint density at radius 3 is 2.33 bits per heavy atom. The van der Waals surface area contributed by atoms with Gasteiger partial charge in [0.2, 0.25) is 5.91 Å². The predicted molar refractivity (Wildman–Crippen MR) is 127 cm³/mol. The van der Waals surface area contributed by atoms with Crippen molar-refractivity contribution in [2.45, 2.75) is 11.9 Å². The fourth-order valence-corrected chi connectivity index (χ4v) is 4.61. The zero-order chi connectivity index (χ0) is 23.2. The summed E-state index contributed by atoms with van der Waals surface area (Å²) in [6.45, 7) is 0.543. The quantitative estimate of drug-likeness (QED) is 0.412. The zero-order valence-corrected chi connectivity index (χ0v) is 18.4. The number of carboxylic acids is 1. The lowest BCUT2D eigenvalue weighted by molar-refractivity contribution is -0.128. The topological polar surface area (TPSA) is 99.1 Å². The monoisotopic (exact) mass is 459 g/mol. The number of hydrogen-bond donors (Lipinski definition) is 2. The second kappa shape index (κ2) is 10.1. The summed E-state index contributed by atoms with van der Waals surface area (Å²) < 4.78 is 0. The van der Waals surface area contributed by atoms with Crippen LogP contribution in [0.3, 0.4) is 0 Å². The van der Waals surface area contributed by atoms with E-state index >= 15 is 0 Å². The molecular formula is C25H21N3O4S. The van der Waals surface area contributed by atoms with Gasteiger partial charge in [0.25, 0.3) is 5.91 Å². The van der Waals surface area contributed by atoms with Crippen LogP contribution < -0.4 is 5.43 Å². The third-order valence-electron chi connectivity index (χ3n) is 5.16. The first-order valence-electron chi connectivity index (χ1n) is 10.2. The summed E-state index contributed by atoms with van der Waals surface area (Å²) in [5.41, 5.74) is 5.79. The van der Waals surface area contributed by atoms with Gasteiger partial charge in [-0.2, -0.15) is 5.10 Å². The van der Waals surface area contributed by atoms with Crippen LogP contribution in [0, 0.1) is 0 Å². The Labute approximate surface area is 195 Å². The normalized spacial score (nSPS) is 15.7. The molecule has 0 saturated carbocycles. The molecule has 3 aromatic rings. The minimum absolute atomic E-state index is 0.0957. The van der Waals surface area contributed by atoms with Crippen LogP contribution in [0.1, 0.15) is 42.8 Å². The van der Waals surface area contributed by atoms with Crippen molar-refractivity contribution in [1.29, 1.82) is 0 Å². The lowest BCUT2D eigenvalue weighted by atomic mass is 10.1. The van der Waals surface area contributed by atoms with Crippen LogP contribution >= 0.6 is 11.8 Å². The van der Waals surface area contributed by atoms with E-state index in [4.69, 9.17) is 5.11 Å². The van der Waals surface area contributed by atoms with Crippen molar-refractivity contribution in [2.75, 3.05) is 5.75 Å². The van der Waals surface area contributed by atoms with E-state index in [0.717, 1.165) is 11.1 Å². The van der Waals surface area contributed by atoms with Gasteiger partial charge < -0.3 is 10.0 Å². The van der Waals surface area contributed by atoms with Crippen molar-refractivity contribution in [3.63, 3.8) is 0 Å². The van der Waals surface area contributed by atoms with Crippen LogP contribution in [0.15, 0.2) is 84.0 Å². The van der Waals surface area contributed by atoms with E-state index in [1.165, 1.54) is 18.3 Å². The molecule has 166 valence electrons. The molecule has 1 saturated heterocycles. The number of aromatic carboxylic acids is 1. The predicted octanol–water partition coefficient (Wildman–Crippen LogP) is 3.92. The molecule has 2 amide bonds. The number of nitrogens with one attached hydrogen (secondary N) is 1.